The molecule has 0 aliphatic heterocycles. The number of anilines is 1. The van der Waals surface area contributed by atoms with Crippen molar-refractivity contribution in [1.29, 1.82) is 0 Å². The Hall–Kier alpha value is -0.970. The summed E-state index contributed by atoms with van der Waals surface area (Å²) in [6, 6.07) is 2.84. The fourth-order valence-electron chi connectivity index (χ4n) is 1.24. The highest BCUT2D eigenvalue weighted by molar-refractivity contribution is 6.48. The van der Waals surface area contributed by atoms with E-state index in [0.29, 0.717) is 12.2 Å². The lowest BCUT2D eigenvalue weighted by Crippen LogP contribution is -2.39. The van der Waals surface area contributed by atoms with Crippen molar-refractivity contribution in [2.75, 3.05) is 11.9 Å². The van der Waals surface area contributed by atoms with Gasteiger partial charge in [-0.05, 0) is 17.5 Å². The summed E-state index contributed by atoms with van der Waals surface area (Å²) in [7, 11) is 0. The van der Waals surface area contributed by atoms with Crippen LogP contribution in [0.25, 0.3) is 0 Å². The molecule has 20 heavy (non-hydrogen) atoms. The molecular weight excluding hydrogens is 323 g/mol. The van der Waals surface area contributed by atoms with E-state index >= 15 is 0 Å². The minimum atomic E-state index is -0.788. The molecule has 0 aromatic heterocycles. The summed E-state index contributed by atoms with van der Waals surface area (Å²) in [6.07, 6.45) is 0. The lowest BCUT2D eigenvalue weighted by Gasteiger charge is -2.18. The van der Waals surface area contributed by atoms with Crippen LogP contribution >= 0.6 is 34.8 Å². The predicted molar refractivity (Wildman–Crippen MR) is 82.6 cm³/mol. The van der Waals surface area contributed by atoms with Gasteiger partial charge in [-0.1, -0.05) is 55.6 Å². The first-order chi connectivity index (χ1) is 9.10. The minimum Gasteiger partial charge on any atom is -0.347 e. The van der Waals surface area contributed by atoms with Crippen molar-refractivity contribution in [3.63, 3.8) is 0 Å². The first kappa shape index (κ1) is 17.1. The Morgan fingerprint density at radius 1 is 1.05 bits per heavy atom. The molecule has 0 unspecified atom stereocenters. The maximum atomic E-state index is 11.7. The summed E-state index contributed by atoms with van der Waals surface area (Å²) < 4.78 is 0. The van der Waals surface area contributed by atoms with Crippen molar-refractivity contribution in [2.24, 2.45) is 5.41 Å². The fourth-order valence-corrected chi connectivity index (χ4v) is 1.84. The monoisotopic (exact) mass is 336 g/mol. The zero-order valence-electron chi connectivity index (χ0n) is 11.3. The molecule has 0 aliphatic rings. The van der Waals surface area contributed by atoms with Gasteiger partial charge in [-0.2, -0.15) is 0 Å². The second kappa shape index (κ2) is 6.66. The topological polar surface area (TPSA) is 58.2 Å². The summed E-state index contributed by atoms with van der Waals surface area (Å²) in [5.74, 6) is -1.51. The highest BCUT2D eigenvalue weighted by atomic mass is 35.5. The van der Waals surface area contributed by atoms with Crippen molar-refractivity contribution < 1.29 is 9.59 Å². The molecule has 0 atom stereocenters. The third-order valence-corrected chi connectivity index (χ3v) is 3.42. The second-order valence-electron chi connectivity index (χ2n) is 5.45. The number of hydrogen-bond acceptors (Lipinski definition) is 2. The van der Waals surface area contributed by atoms with Crippen LogP contribution in [-0.2, 0) is 9.59 Å². The Bertz CT molecular complexity index is 516. The van der Waals surface area contributed by atoms with E-state index in [4.69, 9.17) is 34.8 Å². The SMILES string of the molecule is CC(C)(C)CNC(=O)C(=O)Nc1cc(Cl)c(Cl)c(Cl)c1. The zero-order valence-corrected chi connectivity index (χ0v) is 13.6. The van der Waals surface area contributed by atoms with E-state index in [9.17, 15) is 9.59 Å². The molecule has 2 amide bonds. The van der Waals surface area contributed by atoms with E-state index in [1.54, 1.807) is 0 Å². The molecule has 0 saturated carbocycles. The predicted octanol–water partition coefficient (Wildman–Crippen LogP) is 3.75. The van der Waals surface area contributed by atoms with Crippen molar-refractivity contribution >= 4 is 52.3 Å². The number of halogens is 3. The standard InChI is InChI=1S/C13H15Cl3N2O2/c1-13(2,3)6-17-11(19)12(20)18-7-4-8(14)10(16)9(15)5-7/h4-5H,6H2,1-3H3,(H,17,19)(H,18,20). The molecule has 1 rings (SSSR count). The number of nitrogens with one attached hydrogen (secondary N) is 2. The van der Waals surface area contributed by atoms with Crippen LogP contribution in [0, 0.1) is 5.41 Å². The van der Waals surface area contributed by atoms with Crippen LogP contribution in [0.2, 0.25) is 15.1 Å². The van der Waals surface area contributed by atoms with Crippen molar-refractivity contribution in [3.8, 4) is 0 Å². The lowest BCUT2D eigenvalue weighted by atomic mass is 9.97. The third-order valence-electron chi connectivity index (χ3n) is 2.23. The van der Waals surface area contributed by atoms with Gasteiger partial charge in [-0.3, -0.25) is 9.59 Å². The van der Waals surface area contributed by atoms with Gasteiger partial charge in [-0.25, -0.2) is 0 Å². The minimum absolute atomic E-state index is 0.108. The molecule has 0 spiro atoms. The first-order valence-electron chi connectivity index (χ1n) is 5.84. The molecule has 0 fully saturated rings. The summed E-state index contributed by atoms with van der Waals surface area (Å²) in [5, 5.41) is 5.54. The van der Waals surface area contributed by atoms with E-state index in [1.165, 1.54) is 12.1 Å². The number of amides is 2. The van der Waals surface area contributed by atoms with Crippen LogP contribution < -0.4 is 10.6 Å². The van der Waals surface area contributed by atoms with Crippen LogP contribution in [0.15, 0.2) is 12.1 Å². The van der Waals surface area contributed by atoms with E-state index < -0.39 is 11.8 Å². The lowest BCUT2D eigenvalue weighted by molar-refractivity contribution is -0.136. The molecular formula is C13H15Cl3N2O2. The van der Waals surface area contributed by atoms with Gasteiger partial charge in [0.2, 0.25) is 0 Å². The maximum Gasteiger partial charge on any atom is 0.313 e. The van der Waals surface area contributed by atoms with E-state index in [2.05, 4.69) is 10.6 Å². The molecule has 0 radical (unpaired) electrons. The Kier molecular flexibility index (Phi) is 5.68. The van der Waals surface area contributed by atoms with Crippen LogP contribution in [0.4, 0.5) is 5.69 Å². The van der Waals surface area contributed by atoms with Crippen LogP contribution in [-0.4, -0.2) is 18.4 Å². The van der Waals surface area contributed by atoms with Crippen LogP contribution in [0.3, 0.4) is 0 Å². The summed E-state index contributed by atoms with van der Waals surface area (Å²) in [5.41, 5.74) is 0.198. The molecule has 1 aromatic rings. The van der Waals surface area contributed by atoms with E-state index in [-0.39, 0.29) is 20.5 Å². The Morgan fingerprint density at radius 3 is 2.00 bits per heavy atom. The zero-order chi connectivity index (χ0) is 15.5. The summed E-state index contributed by atoms with van der Waals surface area (Å²) in [6.45, 7) is 6.24. The average Bonchev–Trinajstić information content (AvgIpc) is 2.31. The van der Waals surface area contributed by atoms with Crippen LogP contribution in [0.5, 0.6) is 0 Å². The molecule has 7 heteroatoms. The van der Waals surface area contributed by atoms with Crippen molar-refractivity contribution in [1.82, 2.24) is 5.32 Å². The summed E-state index contributed by atoms with van der Waals surface area (Å²) in [4.78, 5) is 23.3. The molecule has 0 heterocycles. The largest absolute Gasteiger partial charge is 0.347 e. The van der Waals surface area contributed by atoms with Gasteiger partial charge in [0, 0.05) is 12.2 Å². The second-order valence-corrected chi connectivity index (χ2v) is 6.64. The Balaban J connectivity index is 2.69. The van der Waals surface area contributed by atoms with Crippen molar-refractivity contribution in [2.45, 2.75) is 20.8 Å². The average molecular weight is 338 g/mol. The number of hydrogen-bond donors (Lipinski definition) is 2. The Morgan fingerprint density at radius 2 is 1.55 bits per heavy atom. The quantitative estimate of drug-likeness (QED) is 0.638. The third kappa shape index (κ3) is 5.19. The van der Waals surface area contributed by atoms with E-state index in [1.807, 2.05) is 20.8 Å². The van der Waals surface area contributed by atoms with Crippen molar-refractivity contribution in [3.05, 3.63) is 27.2 Å². The Labute approximate surface area is 132 Å². The van der Waals surface area contributed by atoms with Gasteiger partial charge in [0.1, 0.15) is 0 Å². The van der Waals surface area contributed by atoms with Gasteiger partial charge in [0.25, 0.3) is 0 Å². The summed E-state index contributed by atoms with van der Waals surface area (Å²) >= 11 is 17.5. The smallest absolute Gasteiger partial charge is 0.313 e. The highest BCUT2D eigenvalue weighted by Crippen LogP contribution is 2.33. The first-order valence-corrected chi connectivity index (χ1v) is 6.97. The molecule has 0 aliphatic carbocycles. The highest BCUT2D eigenvalue weighted by Gasteiger charge is 2.18. The molecule has 2 N–H and O–H groups in total. The molecule has 0 saturated heterocycles. The van der Waals surface area contributed by atoms with Gasteiger partial charge < -0.3 is 10.6 Å². The van der Waals surface area contributed by atoms with E-state index in [0.717, 1.165) is 0 Å². The van der Waals surface area contributed by atoms with Gasteiger partial charge in [0.15, 0.2) is 0 Å². The molecule has 110 valence electrons. The van der Waals surface area contributed by atoms with Gasteiger partial charge in [-0.15, -0.1) is 0 Å². The van der Waals surface area contributed by atoms with Crippen LogP contribution in [0.1, 0.15) is 20.8 Å². The number of benzene rings is 1. The number of carbonyl (C=O) groups excluding carboxylic acids is 2. The number of rotatable bonds is 2. The fraction of sp³-hybridized carbons (Fsp3) is 0.385. The van der Waals surface area contributed by atoms with Gasteiger partial charge >= 0.3 is 11.8 Å². The maximum absolute atomic E-state index is 11.7. The van der Waals surface area contributed by atoms with Gasteiger partial charge in [0.05, 0.1) is 15.1 Å². The molecule has 1 aromatic carbocycles. The normalized spacial score (nSPS) is 11.1. The molecule has 0 bridgehead atoms. The number of carbonyl (C=O) groups is 2. The molecule has 4 nitrogen and oxygen atoms in total.